The van der Waals surface area contributed by atoms with Crippen LogP contribution in [0.15, 0.2) is 24.5 Å². The van der Waals surface area contributed by atoms with Gasteiger partial charge >= 0.3 is 0 Å². The van der Waals surface area contributed by atoms with Gasteiger partial charge in [-0.1, -0.05) is 17.7 Å². The Morgan fingerprint density at radius 1 is 1.00 bits per heavy atom. The van der Waals surface area contributed by atoms with Crippen molar-refractivity contribution in [3.63, 3.8) is 0 Å². The van der Waals surface area contributed by atoms with Gasteiger partial charge in [0, 0.05) is 31.2 Å². The first-order valence-corrected chi connectivity index (χ1v) is 8.51. The number of nitrogens with one attached hydrogen (secondary N) is 1. The average molecular weight is 324 g/mol. The van der Waals surface area contributed by atoms with E-state index in [1.54, 1.807) is 12.4 Å². The molecule has 24 heavy (non-hydrogen) atoms. The number of carbonyl (C=O) groups excluding carboxylic acids is 1. The number of rotatable bonds is 3. The number of carbonyl (C=O) groups is 1. The topological polar surface area (TPSA) is 58.1 Å². The van der Waals surface area contributed by atoms with Gasteiger partial charge in [-0.2, -0.15) is 0 Å². The molecule has 1 aliphatic rings. The summed E-state index contributed by atoms with van der Waals surface area (Å²) in [5.74, 6) is 0.546. The second kappa shape index (κ2) is 6.99. The van der Waals surface area contributed by atoms with Crippen LogP contribution in [0, 0.1) is 20.8 Å². The lowest BCUT2D eigenvalue weighted by atomic mass is 10.0. The molecule has 0 unspecified atom stereocenters. The van der Waals surface area contributed by atoms with E-state index in [2.05, 4.69) is 39.2 Å². The van der Waals surface area contributed by atoms with E-state index in [4.69, 9.17) is 0 Å². The molecule has 5 nitrogen and oxygen atoms in total. The highest BCUT2D eigenvalue weighted by atomic mass is 16.1. The van der Waals surface area contributed by atoms with Gasteiger partial charge in [-0.05, 0) is 51.2 Å². The van der Waals surface area contributed by atoms with Gasteiger partial charge in [-0.25, -0.2) is 9.97 Å². The minimum Gasteiger partial charge on any atom is -0.341 e. The fraction of sp³-hybridized carbons (Fsp3) is 0.421. The van der Waals surface area contributed by atoms with Crippen molar-refractivity contribution in [1.29, 1.82) is 0 Å². The quantitative estimate of drug-likeness (QED) is 0.936. The number of anilines is 2. The van der Waals surface area contributed by atoms with Crippen LogP contribution in [0.2, 0.25) is 0 Å². The zero-order valence-corrected chi connectivity index (χ0v) is 14.6. The van der Waals surface area contributed by atoms with Gasteiger partial charge in [0.05, 0.1) is 5.56 Å². The zero-order chi connectivity index (χ0) is 17.1. The molecule has 0 bridgehead atoms. The van der Waals surface area contributed by atoms with Gasteiger partial charge in [0.2, 0.25) is 5.95 Å². The Morgan fingerprint density at radius 2 is 1.58 bits per heavy atom. The van der Waals surface area contributed by atoms with Gasteiger partial charge in [0.15, 0.2) is 0 Å². The maximum absolute atomic E-state index is 12.5. The predicted octanol–water partition coefficient (Wildman–Crippen LogP) is 3.64. The highest BCUT2D eigenvalue weighted by molar-refractivity contribution is 6.04. The van der Waals surface area contributed by atoms with E-state index in [9.17, 15) is 4.79 Å². The monoisotopic (exact) mass is 324 g/mol. The fourth-order valence-corrected chi connectivity index (χ4v) is 3.26. The maximum Gasteiger partial charge on any atom is 0.258 e. The van der Waals surface area contributed by atoms with E-state index in [1.807, 2.05) is 13.8 Å². The molecule has 1 aromatic carbocycles. The normalized spacial score (nSPS) is 14.5. The van der Waals surface area contributed by atoms with Crippen LogP contribution in [0.5, 0.6) is 0 Å². The largest absolute Gasteiger partial charge is 0.341 e. The Balaban J connectivity index is 1.73. The van der Waals surface area contributed by atoms with Gasteiger partial charge in [-0.3, -0.25) is 4.79 Å². The molecule has 0 spiro atoms. The molecule has 5 heteroatoms. The lowest BCUT2D eigenvalue weighted by molar-refractivity contribution is 0.102. The van der Waals surface area contributed by atoms with Gasteiger partial charge in [0.1, 0.15) is 0 Å². The Labute approximate surface area is 143 Å². The summed E-state index contributed by atoms with van der Waals surface area (Å²) in [6.07, 6.45) is 6.86. The summed E-state index contributed by atoms with van der Waals surface area (Å²) >= 11 is 0. The van der Waals surface area contributed by atoms with E-state index >= 15 is 0 Å². The first kappa shape index (κ1) is 16.4. The Hall–Kier alpha value is -2.43. The maximum atomic E-state index is 12.5. The molecule has 1 fully saturated rings. The van der Waals surface area contributed by atoms with Crippen molar-refractivity contribution in [3.05, 3.63) is 46.8 Å². The molecule has 3 rings (SSSR count). The van der Waals surface area contributed by atoms with Crippen LogP contribution < -0.4 is 10.2 Å². The second-order valence-corrected chi connectivity index (χ2v) is 6.55. The summed E-state index contributed by atoms with van der Waals surface area (Å²) < 4.78 is 0. The van der Waals surface area contributed by atoms with Crippen LogP contribution in [-0.2, 0) is 0 Å². The van der Waals surface area contributed by atoms with Gasteiger partial charge < -0.3 is 10.2 Å². The number of aryl methyl sites for hydroxylation is 3. The molecule has 1 aromatic heterocycles. The molecule has 0 radical (unpaired) electrons. The molecule has 126 valence electrons. The number of benzene rings is 1. The lowest BCUT2D eigenvalue weighted by Crippen LogP contribution is -2.31. The summed E-state index contributed by atoms with van der Waals surface area (Å²) in [6.45, 7) is 8.05. The summed E-state index contributed by atoms with van der Waals surface area (Å²) in [4.78, 5) is 23.4. The van der Waals surface area contributed by atoms with Crippen molar-refractivity contribution in [2.45, 2.75) is 40.0 Å². The van der Waals surface area contributed by atoms with Crippen molar-refractivity contribution in [2.24, 2.45) is 0 Å². The zero-order valence-electron chi connectivity index (χ0n) is 14.6. The first-order chi connectivity index (χ1) is 11.5. The molecule has 0 aliphatic carbocycles. The number of nitrogens with zero attached hydrogens (tertiary/aromatic N) is 3. The van der Waals surface area contributed by atoms with E-state index in [1.165, 1.54) is 24.8 Å². The number of piperidine rings is 1. The second-order valence-electron chi connectivity index (χ2n) is 6.55. The van der Waals surface area contributed by atoms with Crippen molar-refractivity contribution in [3.8, 4) is 0 Å². The SMILES string of the molecule is Cc1cc(C)c(NC(=O)c2cnc(N3CCCCC3)nc2)c(C)c1. The summed E-state index contributed by atoms with van der Waals surface area (Å²) in [6, 6.07) is 4.14. The third-order valence-corrected chi connectivity index (χ3v) is 4.45. The number of hydrogen-bond acceptors (Lipinski definition) is 4. The Bertz CT molecular complexity index is 711. The molecular weight excluding hydrogens is 300 g/mol. The summed E-state index contributed by atoms with van der Waals surface area (Å²) in [5, 5.41) is 2.99. The van der Waals surface area contributed by atoms with Crippen LogP contribution >= 0.6 is 0 Å². The number of hydrogen-bond donors (Lipinski definition) is 1. The molecule has 2 aromatic rings. The molecule has 2 heterocycles. The molecule has 1 aliphatic heterocycles. The van der Waals surface area contributed by atoms with Crippen molar-refractivity contribution >= 4 is 17.5 Å². The smallest absolute Gasteiger partial charge is 0.258 e. The average Bonchev–Trinajstić information content (AvgIpc) is 2.59. The Morgan fingerprint density at radius 3 is 2.17 bits per heavy atom. The third kappa shape index (κ3) is 3.55. The van der Waals surface area contributed by atoms with Crippen LogP contribution in [-0.4, -0.2) is 29.0 Å². The standard InChI is InChI=1S/C19H24N4O/c1-13-9-14(2)17(15(3)10-13)22-18(24)16-11-20-19(21-12-16)23-7-5-4-6-8-23/h9-12H,4-8H2,1-3H3,(H,22,24). The van der Waals surface area contributed by atoms with Crippen LogP contribution in [0.25, 0.3) is 0 Å². The van der Waals surface area contributed by atoms with E-state index in [-0.39, 0.29) is 5.91 Å². The lowest BCUT2D eigenvalue weighted by Gasteiger charge is -2.26. The fourth-order valence-electron chi connectivity index (χ4n) is 3.26. The highest BCUT2D eigenvalue weighted by Crippen LogP contribution is 2.22. The third-order valence-electron chi connectivity index (χ3n) is 4.45. The first-order valence-electron chi connectivity index (χ1n) is 8.51. The van der Waals surface area contributed by atoms with Gasteiger partial charge in [-0.15, -0.1) is 0 Å². The minimum atomic E-state index is -0.171. The number of aromatic nitrogens is 2. The van der Waals surface area contributed by atoms with Crippen LogP contribution in [0.3, 0.4) is 0 Å². The number of amides is 1. The van der Waals surface area contributed by atoms with Crippen molar-refractivity contribution in [1.82, 2.24) is 9.97 Å². The molecule has 1 saturated heterocycles. The predicted molar refractivity (Wildman–Crippen MR) is 96.7 cm³/mol. The van der Waals surface area contributed by atoms with Gasteiger partial charge in [0.25, 0.3) is 5.91 Å². The minimum absolute atomic E-state index is 0.171. The van der Waals surface area contributed by atoms with E-state index in [0.29, 0.717) is 11.5 Å². The van der Waals surface area contributed by atoms with E-state index in [0.717, 1.165) is 29.9 Å². The molecule has 1 N–H and O–H groups in total. The highest BCUT2D eigenvalue weighted by Gasteiger charge is 2.15. The molecule has 1 amide bonds. The van der Waals surface area contributed by atoms with E-state index < -0.39 is 0 Å². The summed E-state index contributed by atoms with van der Waals surface area (Å²) in [5.41, 5.74) is 4.66. The molecule has 0 atom stereocenters. The van der Waals surface area contributed by atoms with Crippen LogP contribution in [0.4, 0.5) is 11.6 Å². The van der Waals surface area contributed by atoms with Crippen molar-refractivity contribution in [2.75, 3.05) is 23.3 Å². The molecule has 0 saturated carbocycles. The van der Waals surface area contributed by atoms with Crippen LogP contribution in [0.1, 0.15) is 46.3 Å². The summed E-state index contributed by atoms with van der Waals surface area (Å²) in [7, 11) is 0. The molecular formula is C19H24N4O. The Kier molecular flexibility index (Phi) is 4.79. The van der Waals surface area contributed by atoms with Crippen molar-refractivity contribution < 1.29 is 4.79 Å².